The average Bonchev–Trinajstić information content (AvgIpc) is 2.78. The molecule has 1 saturated heterocycles. The Morgan fingerprint density at radius 2 is 2.00 bits per heavy atom. The fourth-order valence-electron chi connectivity index (χ4n) is 2.50. The second kappa shape index (κ2) is 3.98. The molecular weight excluding hydrogens is 228 g/mol. The zero-order valence-corrected chi connectivity index (χ0v) is 10.1. The number of benzene rings is 1. The number of carbonyl (C=O) groups excluding carboxylic acids is 2. The lowest BCUT2D eigenvalue weighted by molar-refractivity contribution is -0.133. The molecule has 2 N–H and O–H groups in total. The van der Waals surface area contributed by atoms with E-state index in [4.69, 9.17) is 0 Å². The Kier molecular flexibility index (Phi) is 2.44. The minimum atomic E-state index is -0.371. The highest BCUT2D eigenvalue weighted by atomic mass is 16.2. The standard InChI is InChI=1S/C14H14N2O2/c1-8-13(17)6-10(14(18)16-8)11-7-15-12-5-3-2-4-9(11)12/h2-5,7-8,10,15H,6H2,1H3,(H,16,18)/t8-,10-/m0/s1. The lowest BCUT2D eigenvalue weighted by Crippen LogP contribution is -2.47. The van der Waals surface area contributed by atoms with Crippen molar-refractivity contribution in [2.24, 2.45) is 0 Å². The van der Waals surface area contributed by atoms with E-state index in [1.54, 1.807) is 6.92 Å². The van der Waals surface area contributed by atoms with Gasteiger partial charge in [0.05, 0.1) is 12.0 Å². The molecule has 4 nitrogen and oxygen atoms in total. The summed E-state index contributed by atoms with van der Waals surface area (Å²) < 4.78 is 0. The Bertz CT molecular complexity index is 630. The molecule has 4 heteroatoms. The van der Waals surface area contributed by atoms with Crippen molar-refractivity contribution in [1.29, 1.82) is 0 Å². The monoisotopic (exact) mass is 242 g/mol. The molecule has 1 aliphatic heterocycles. The molecule has 92 valence electrons. The van der Waals surface area contributed by atoms with Crippen LogP contribution in [0.25, 0.3) is 10.9 Å². The molecule has 1 aliphatic rings. The van der Waals surface area contributed by atoms with E-state index in [1.165, 1.54) is 0 Å². The van der Waals surface area contributed by atoms with Gasteiger partial charge < -0.3 is 10.3 Å². The predicted molar refractivity (Wildman–Crippen MR) is 68.3 cm³/mol. The van der Waals surface area contributed by atoms with E-state index >= 15 is 0 Å². The molecule has 2 atom stereocenters. The van der Waals surface area contributed by atoms with Gasteiger partial charge in [0.25, 0.3) is 0 Å². The topological polar surface area (TPSA) is 62.0 Å². The van der Waals surface area contributed by atoms with Gasteiger partial charge in [0, 0.05) is 23.5 Å². The lowest BCUT2D eigenvalue weighted by Gasteiger charge is -2.25. The van der Waals surface area contributed by atoms with Crippen LogP contribution in [0.5, 0.6) is 0 Å². The first-order valence-electron chi connectivity index (χ1n) is 6.06. The van der Waals surface area contributed by atoms with Crippen LogP contribution in [0.2, 0.25) is 0 Å². The van der Waals surface area contributed by atoms with E-state index in [0.717, 1.165) is 16.5 Å². The number of aromatic nitrogens is 1. The third kappa shape index (κ3) is 1.61. The van der Waals surface area contributed by atoms with Gasteiger partial charge in [-0.25, -0.2) is 0 Å². The minimum absolute atomic E-state index is 0.0631. The molecule has 0 bridgehead atoms. The van der Waals surface area contributed by atoms with Crippen LogP contribution in [0.15, 0.2) is 30.5 Å². The fraction of sp³-hybridized carbons (Fsp3) is 0.286. The van der Waals surface area contributed by atoms with Gasteiger partial charge in [0.15, 0.2) is 5.78 Å². The fourth-order valence-corrected chi connectivity index (χ4v) is 2.50. The number of Topliss-reactive ketones (excluding diaryl/α,β-unsaturated/α-hetero) is 1. The Hall–Kier alpha value is -2.10. The van der Waals surface area contributed by atoms with Crippen molar-refractivity contribution in [2.45, 2.75) is 25.3 Å². The molecule has 1 aromatic carbocycles. The summed E-state index contributed by atoms with van der Waals surface area (Å²) in [4.78, 5) is 26.9. The number of H-pyrrole nitrogens is 1. The van der Waals surface area contributed by atoms with Crippen molar-refractivity contribution in [3.05, 3.63) is 36.0 Å². The largest absolute Gasteiger partial charge is 0.361 e. The van der Waals surface area contributed by atoms with Gasteiger partial charge >= 0.3 is 0 Å². The quantitative estimate of drug-likeness (QED) is 0.800. The zero-order valence-electron chi connectivity index (χ0n) is 10.1. The van der Waals surface area contributed by atoms with Crippen molar-refractivity contribution in [3.8, 4) is 0 Å². The summed E-state index contributed by atoms with van der Waals surface area (Å²) in [6, 6.07) is 7.45. The van der Waals surface area contributed by atoms with Gasteiger partial charge in [0.2, 0.25) is 5.91 Å². The summed E-state index contributed by atoms with van der Waals surface area (Å²) in [6.45, 7) is 1.73. The molecule has 0 radical (unpaired) electrons. The molecule has 0 spiro atoms. The smallest absolute Gasteiger partial charge is 0.228 e. The number of fused-ring (bicyclic) bond motifs is 1. The third-order valence-electron chi connectivity index (χ3n) is 3.56. The highest BCUT2D eigenvalue weighted by Crippen LogP contribution is 2.30. The van der Waals surface area contributed by atoms with E-state index in [-0.39, 0.29) is 30.1 Å². The average molecular weight is 242 g/mol. The minimum Gasteiger partial charge on any atom is -0.361 e. The maximum absolute atomic E-state index is 12.0. The summed E-state index contributed by atoms with van der Waals surface area (Å²) in [5.41, 5.74) is 1.90. The van der Waals surface area contributed by atoms with Gasteiger partial charge in [-0.1, -0.05) is 18.2 Å². The van der Waals surface area contributed by atoms with Crippen molar-refractivity contribution in [3.63, 3.8) is 0 Å². The van der Waals surface area contributed by atoms with Crippen LogP contribution in [0.4, 0.5) is 0 Å². The van der Waals surface area contributed by atoms with Crippen LogP contribution in [-0.2, 0) is 9.59 Å². The highest BCUT2D eigenvalue weighted by Gasteiger charge is 2.33. The van der Waals surface area contributed by atoms with E-state index < -0.39 is 0 Å². The number of para-hydroxylation sites is 1. The van der Waals surface area contributed by atoms with E-state index in [9.17, 15) is 9.59 Å². The van der Waals surface area contributed by atoms with E-state index in [0.29, 0.717) is 0 Å². The highest BCUT2D eigenvalue weighted by molar-refractivity contribution is 6.01. The Morgan fingerprint density at radius 1 is 1.22 bits per heavy atom. The zero-order chi connectivity index (χ0) is 12.7. The van der Waals surface area contributed by atoms with Gasteiger partial charge in [-0.15, -0.1) is 0 Å². The molecule has 0 saturated carbocycles. The second-order valence-corrected chi connectivity index (χ2v) is 4.74. The molecule has 1 amide bonds. The summed E-state index contributed by atoms with van der Waals surface area (Å²) in [7, 11) is 0. The Morgan fingerprint density at radius 3 is 2.83 bits per heavy atom. The Labute approximate surface area is 104 Å². The number of ketones is 1. The summed E-state index contributed by atoms with van der Waals surface area (Å²) in [6.07, 6.45) is 2.12. The molecule has 0 unspecified atom stereocenters. The normalized spacial score (nSPS) is 24.3. The molecule has 2 aromatic rings. The predicted octanol–water partition coefficient (Wildman–Crippen LogP) is 1.73. The maximum Gasteiger partial charge on any atom is 0.228 e. The molecule has 1 aromatic heterocycles. The maximum atomic E-state index is 12.0. The van der Waals surface area contributed by atoms with Crippen molar-refractivity contribution >= 4 is 22.6 Å². The van der Waals surface area contributed by atoms with Crippen LogP contribution in [0, 0.1) is 0 Å². The number of aromatic amines is 1. The van der Waals surface area contributed by atoms with E-state index in [1.807, 2.05) is 30.5 Å². The molecule has 3 rings (SSSR count). The van der Waals surface area contributed by atoms with Crippen LogP contribution >= 0.6 is 0 Å². The van der Waals surface area contributed by atoms with Crippen LogP contribution in [0.3, 0.4) is 0 Å². The second-order valence-electron chi connectivity index (χ2n) is 4.74. The van der Waals surface area contributed by atoms with Crippen molar-refractivity contribution in [1.82, 2.24) is 10.3 Å². The third-order valence-corrected chi connectivity index (χ3v) is 3.56. The SMILES string of the molecule is C[C@@H]1NC(=O)[C@H](c2c[nH]c3ccccc23)CC1=O. The summed E-state index contributed by atoms with van der Waals surface area (Å²) in [5, 5.41) is 3.74. The lowest BCUT2D eigenvalue weighted by atomic mass is 9.87. The number of rotatable bonds is 1. The van der Waals surface area contributed by atoms with Crippen LogP contribution in [-0.4, -0.2) is 22.7 Å². The van der Waals surface area contributed by atoms with Crippen molar-refractivity contribution < 1.29 is 9.59 Å². The Balaban J connectivity index is 2.04. The van der Waals surface area contributed by atoms with Gasteiger partial charge in [-0.3, -0.25) is 9.59 Å². The first-order valence-corrected chi connectivity index (χ1v) is 6.06. The number of piperidine rings is 1. The number of hydrogen-bond acceptors (Lipinski definition) is 2. The first-order chi connectivity index (χ1) is 8.66. The molecule has 18 heavy (non-hydrogen) atoms. The molecular formula is C14H14N2O2. The number of carbonyl (C=O) groups is 2. The molecule has 1 fully saturated rings. The number of amides is 1. The van der Waals surface area contributed by atoms with Crippen molar-refractivity contribution in [2.75, 3.05) is 0 Å². The number of hydrogen-bond donors (Lipinski definition) is 2. The van der Waals surface area contributed by atoms with Gasteiger partial charge in [-0.2, -0.15) is 0 Å². The van der Waals surface area contributed by atoms with E-state index in [2.05, 4.69) is 10.3 Å². The van der Waals surface area contributed by atoms with Gasteiger partial charge in [-0.05, 0) is 18.6 Å². The molecule has 2 heterocycles. The van der Waals surface area contributed by atoms with Crippen LogP contribution in [0.1, 0.15) is 24.8 Å². The summed E-state index contributed by atoms with van der Waals surface area (Å²) in [5.74, 6) is -0.346. The van der Waals surface area contributed by atoms with Gasteiger partial charge in [0.1, 0.15) is 0 Å². The summed E-state index contributed by atoms with van der Waals surface area (Å²) >= 11 is 0. The van der Waals surface area contributed by atoms with Crippen LogP contribution < -0.4 is 5.32 Å². The molecule has 0 aliphatic carbocycles. The number of nitrogens with one attached hydrogen (secondary N) is 2. The first kappa shape index (κ1) is 11.0.